The molecule has 3 nitrogen and oxygen atoms in total. The molecule has 1 aromatic carbocycles. The lowest BCUT2D eigenvalue weighted by Crippen LogP contribution is -2.36. The molecule has 0 atom stereocenters. The lowest BCUT2D eigenvalue weighted by molar-refractivity contribution is -0.128. The molecule has 0 heterocycles. The molecule has 0 radical (unpaired) electrons. The van der Waals surface area contributed by atoms with E-state index in [4.69, 9.17) is 0 Å². The molecule has 0 saturated heterocycles. The minimum Gasteiger partial charge on any atom is -0.344 e. The zero-order chi connectivity index (χ0) is 12.5. The molecule has 94 valence electrons. The van der Waals surface area contributed by atoms with Crippen LogP contribution in [0.5, 0.6) is 0 Å². The normalized spacial score (nSPS) is 10.2. The quantitative estimate of drug-likeness (QED) is 0.728. The van der Waals surface area contributed by atoms with E-state index in [1.54, 1.807) is 4.90 Å². The Bertz CT molecular complexity index is 324. The van der Waals surface area contributed by atoms with E-state index in [1.807, 2.05) is 25.2 Å². The van der Waals surface area contributed by atoms with E-state index in [0.717, 1.165) is 25.9 Å². The maximum absolute atomic E-state index is 11.7. The van der Waals surface area contributed by atoms with Crippen LogP contribution in [0.25, 0.3) is 0 Å². The van der Waals surface area contributed by atoms with E-state index >= 15 is 0 Å². The Kier molecular flexibility index (Phi) is 6.33. The van der Waals surface area contributed by atoms with Crippen molar-refractivity contribution in [2.75, 3.05) is 26.7 Å². The van der Waals surface area contributed by atoms with E-state index in [9.17, 15) is 4.79 Å². The highest BCUT2D eigenvalue weighted by molar-refractivity contribution is 5.77. The topological polar surface area (TPSA) is 32.3 Å². The van der Waals surface area contributed by atoms with Gasteiger partial charge in [0.1, 0.15) is 0 Å². The van der Waals surface area contributed by atoms with Gasteiger partial charge in [0.25, 0.3) is 0 Å². The Morgan fingerprint density at radius 3 is 2.65 bits per heavy atom. The van der Waals surface area contributed by atoms with Crippen molar-refractivity contribution in [3.05, 3.63) is 35.9 Å². The second kappa shape index (κ2) is 7.85. The number of carbonyl (C=O) groups excluding carboxylic acids is 1. The summed E-state index contributed by atoms with van der Waals surface area (Å²) in [7, 11) is 1.86. The summed E-state index contributed by atoms with van der Waals surface area (Å²) in [5.41, 5.74) is 1.27. The van der Waals surface area contributed by atoms with Gasteiger partial charge in [-0.05, 0) is 24.9 Å². The summed E-state index contributed by atoms with van der Waals surface area (Å²) >= 11 is 0. The fraction of sp³-hybridized carbons (Fsp3) is 0.500. The van der Waals surface area contributed by atoms with Crippen molar-refractivity contribution < 1.29 is 4.79 Å². The molecule has 1 rings (SSSR count). The molecular weight excluding hydrogens is 212 g/mol. The summed E-state index contributed by atoms with van der Waals surface area (Å²) in [6.07, 6.45) is 1.97. The van der Waals surface area contributed by atoms with Crippen LogP contribution in [0.15, 0.2) is 30.3 Å². The van der Waals surface area contributed by atoms with Crippen molar-refractivity contribution in [2.24, 2.45) is 0 Å². The first-order chi connectivity index (χ1) is 8.24. The first-order valence-corrected chi connectivity index (χ1v) is 6.22. The SMILES string of the molecule is CCCNCC(=O)N(C)CCc1ccccc1. The Balaban J connectivity index is 2.24. The lowest BCUT2D eigenvalue weighted by Gasteiger charge is -2.17. The largest absolute Gasteiger partial charge is 0.344 e. The molecule has 1 aromatic rings. The van der Waals surface area contributed by atoms with Crippen molar-refractivity contribution in [1.82, 2.24) is 10.2 Å². The summed E-state index contributed by atoms with van der Waals surface area (Å²) in [6, 6.07) is 10.2. The number of hydrogen-bond acceptors (Lipinski definition) is 2. The van der Waals surface area contributed by atoms with Crippen LogP contribution >= 0.6 is 0 Å². The Morgan fingerprint density at radius 1 is 1.29 bits per heavy atom. The lowest BCUT2D eigenvalue weighted by atomic mass is 10.1. The summed E-state index contributed by atoms with van der Waals surface area (Å²) in [4.78, 5) is 13.5. The number of nitrogens with one attached hydrogen (secondary N) is 1. The van der Waals surface area contributed by atoms with Crippen molar-refractivity contribution in [1.29, 1.82) is 0 Å². The van der Waals surface area contributed by atoms with Crippen molar-refractivity contribution >= 4 is 5.91 Å². The summed E-state index contributed by atoms with van der Waals surface area (Å²) in [5.74, 6) is 0.161. The van der Waals surface area contributed by atoms with Crippen LogP contribution in [-0.2, 0) is 11.2 Å². The third-order valence-electron chi connectivity index (χ3n) is 2.71. The summed E-state index contributed by atoms with van der Waals surface area (Å²) < 4.78 is 0. The number of hydrogen-bond donors (Lipinski definition) is 1. The number of amides is 1. The van der Waals surface area contributed by atoms with E-state index < -0.39 is 0 Å². The van der Waals surface area contributed by atoms with E-state index in [2.05, 4.69) is 24.4 Å². The number of rotatable bonds is 7. The highest BCUT2D eigenvalue weighted by Gasteiger charge is 2.07. The average Bonchev–Trinajstić information content (AvgIpc) is 2.37. The van der Waals surface area contributed by atoms with Gasteiger partial charge in [-0.1, -0.05) is 37.3 Å². The highest BCUT2D eigenvalue weighted by atomic mass is 16.2. The first kappa shape index (κ1) is 13.7. The maximum Gasteiger partial charge on any atom is 0.236 e. The Morgan fingerprint density at radius 2 is 2.00 bits per heavy atom. The molecule has 0 aliphatic carbocycles. The molecule has 0 saturated carbocycles. The molecule has 1 amide bonds. The van der Waals surface area contributed by atoms with E-state index in [-0.39, 0.29) is 5.91 Å². The molecule has 0 aromatic heterocycles. The standard InChI is InChI=1S/C14H22N2O/c1-3-10-15-12-14(17)16(2)11-9-13-7-5-4-6-8-13/h4-8,15H,3,9-12H2,1-2H3. The smallest absolute Gasteiger partial charge is 0.236 e. The molecule has 0 bridgehead atoms. The zero-order valence-electron chi connectivity index (χ0n) is 10.8. The van der Waals surface area contributed by atoms with Gasteiger partial charge in [0.05, 0.1) is 6.54 Å². The van der Waals surface area contributed by atoms with Crippen LogP contribution < -0.4 is 5.32 Å². The Hall–Kier alpha value is -1.35. The van der Waals surface area contributed by atoms with Crippen LogP contribution in [0.3, 0.4) is 0 Å². The van der Waals surface area contributed by atoms with Crippen molar-refractivity contribution in [2.45, 2.75) is 19.8 Å². The fourth-order valence-electron chi connectivity index (χ4n) is 1.57. The third kappa shape index (κ3) is 5.50. The number of carbonyl (C=O) groups is 1. The van der Waals surface area contributed by atoms with Crippen LogP contribution in [-0.4, -0.2) is 37.5 Å². The number of benzene rings is 1. The van der Waals surface area contributed by atoms with Gasteiger partial charge < -0.3 is 10.2 Å². The van der Waals surface area contributed by atoms with Crippen LogP contribution in [0.2, 0.25) is 0 Å². The summed E-state index contributed by atoms with van der Waals surface area (Å²) in [5, 5.41) is 3.12. The minimum atomic E-state index is 0.161. The van der Waals surface area contributed by atoms with Crippen LogP contribution in [0.1, 0.15) is 18.9 Å². The van der Waals surface area contributed by atoms with Gasteiger partial charge in [-0.3, -0.25) is 4.79 Å². The second-order valence-electron chi connectivity index (χ2n) is 4.23. The van der Waals surface area contributed by atoms with Gasteiger partial charge in [-0.25, -0.2) is 0 Å². The van der Waals surface area contributed by atoms with Gasteiger partial charge in [0.15, 0.2) is 0 Å². The minimum absolute atomic E-state index is 0.161. The van der Waals surface area contributed by atoms with E-state index in [0.29, 0.717) is 6.54 Å². The van der Waals surface area contributed by atoms with Gasteiger partial charge >= 0.3 is 0 Å². The van der Waals surface area contributed by atoms with Crippen LogP contribution in [0, 0.1) is 0 Å². The first-order valence-electron chi connectivity index (χ1n) is 6.22. The monoisotopic (exact) mass is 234 g/mol. The Labute approximate surface area is 104 Å². The van der Waals surface area contributed by atoms with Gasteiger partial charge in [-0.2, -0.15) is 0 Å². The molecule has 0 aliphatic heterocycles. The fourth-order valence-corrected chi connectivity index (χ4v) is 1.57. The average molecular weight is 234 g/mol. The van der Waals surface area contributed by atoms with Gasteiger partial charge in [-0.15, -0.1) is 0 Å². The zero-order valence-corrected chi connectivity index (χ0v) is 10.8. The molecule has 0 fully saturated rings. The third-order valence-corrected chi connectivity index (χ3v) is 2.71. The van der Waals surface area contributed by atoms with Gasteiger partial charge in [0.2, 0.25) is 5.91 Å². The predicted octanol–water partition coefficient (Wildman–Crippen LogP) is 1.69. The molecular formula is C14H22N2O. The highest BCUT2D eigenvalue weighted by Crippen LogP contribution is 2.00. The number of likely N-dealkylation sites (N-methyl/N-ethyl adjacent to an activating group) is 1. The molecule has 3 heteroatoms. The van der Waals surface area contributed by atoms with E-state index in [1.165, 1.54) is 5.56 Å². The van der Waals surface area contributed by atoms with Crippen molar-refractivity contribution in [3.63, 3.8) is 0 Å². The molecule has 0 spiro atoms. The summed E-state index contributed by atoms with van der Waals surface area (Å²) in [6.45, 7) is 4.21. The molecule has 0 unspecified atom stereocenters. The van der Waals surface area contributed by atoms with Gasteiger partial charge in [0, 0.05) is 13.6 Å². The maximum atomic E-state index is 11.7. The van der Waals surface area contributed by atoms with Crippen LogP contribution in [0.4, 0.5) is 0 Å². The predicted molar refractivity (Wildman–Crippen MR) is 70.9 cm³/mol. The number of nitrogens with zero attached hydrogens (tertiary/aromatic N) is 1. The molecule has 17 heavy (non-hydrogen) atoms. The molecule has 1 N–H and O–H groups in total. The second-order valence-corrected chi connectivity index (χ2v) is 4.23. The van der Waals surface area contributed by atoms with Crippen molar-refractivity contribution in [3.8, 4) is 0 Å². The molecule has 0 aliphatic rings.